The molecule has 0 aromatic carbocycles. The van der Waals surface area contributed by atoms with Crippen LogP contribution in [0.5, 0.6) is 0 Å². The molecule has 0 aliphatic rings. The average molecular weight is 154 g/mol. The Bertz CT molecular complexity index is 132. The third-order valence-electron chi connectivity index (χ3n) is 1.79. The third kappa shape index (κ3) is 7.35. The lowest BCUT2D eigenvalue weighted by Gasteiger charge is -2.05. The van der Waals surface area contributed by atoms with Gasteiger partial charge in [-0.15, -0.1) is 0 Å². The van der Waals surface area contributed by atoms with Crippen LogP contribution in [-0.2, 0) is 4.79 Å². The molecule has 1 nitrogen and oxygen atoms in total. The minimum atomic E-state index is 0.409. The van der Waals surface area contributed by atoms with Gasteiger partial charge >= 0.3 is 0 Å². The predicted octanol–water partition coefficient (Wildman–Crippen LogP) is 2.84. The molecule has 0 heterocycles. The van der Waals surface area contributed by atoms with Gasteiger partial charge in [0.1, 0.15) is 5.94 Å². The molecule has 0 N–H and O–H groups in total. The predicted molar refractivity (Wildman–Crippen MR) is 48.1 cm³/mol. The molecule has 0 aliphatic carbocycles. The standard InChI is InChI=1S/C10H18O/c1-9(2)5-4-6-10(3)7-8-11/h7,9-10H,4-6H2,1-3H3. The van der Waals surface area contributed by atoms with E-state index in [1.165, 1.54) is 12.8 Å². The van der Waals surface area contributed by atoms with E-state index in [1.807, 2.05) is 5.94 Å². The molecule has 1 heteroatoms. The van der Waals surface area contributed by atoms with Crippen LogP contribution < -0.4 is 0 Å². The summed E-state index contributed by atoms with van der Waals surface area (Å²) in [6.45, 7) is 6.51. The number of hydrogen-bond donors (Lipinski definition) is 0. The second-order valence-electron chi connectivity index (χ2n) is 3.59. The first kappa shape index (κ1) is 10.4. The molecular weight excluding hydrogens is 136 g/mol. The zero-order valence-electron chi connectivity index (χ0n) is 7.76. The van der Waals surface area contributed by atoms with E-state index in [0.29, 0.717) is 5.92 Å². The molecule has 0 amide bonds. The van der Waals surface area contributed by atoms with Crippen LogP contribution in [0.15, 0.2) is 6.08 Å². The highest BCUT2D eigenvalue weighted by atomic mass is 16.1. The van der Waals surface area contributed by atoms with Crippen molar-refractivity contribution >= 4 is 5.94 Å². The number of rotatable bonds is 5. The Balaban J connectivity index is 3.31. The van der Waals surface area contributed by atoms with E-state index in [-0.39, 0.29) is 0 Å². The van der Waals surface area contributed by atoms with Crippen molar-refractivity contribution < 1.29 is 4.79 Å². The van der Waals surface area contributed by atoms with Crippen LogP contribution >= 0.6 is 0 Å². The summed E-state index contributed by atoms with van der Waals surface area (Å²) in [7, 11) is 0. The Kier molecular flexibility index (Phi) is 5.87. The molecule has 64 valence electrons. The van der Waals surface area contributed by atoms with Crippen molar-refractivity contribution in [3.63, 3.8) is 0 Å². The summed E-state index contributed by atoms with van der Waals surface area (Å²) in [6.07, 6.45) is 5.21. The smallest absolute Gasteiger partial charge is 0.120 e. The van der Waals surface area contributed by atoms with E-state index in [9.17, 15) is 4.79 Å². The molecular formula is C10H18O. The molecule has 0 aliphatic heterocycles. The maximum absolute atomic E-state index is 9.93. The molecule has 0 aromatic rings. The van der Waals surface area contributed by atoms with Gasteiger partial charge in [-0.2, -0.15) is 0 Å². The summed E-state index contributed by atoms with van der Waals surface area (Å²) in [6, 6.07) is 0. The molecule has 0 radical (unpaired) electrons. The summed E-state index contributed by atoms with van der Waals surface area (Å²) in [4.78, 5) is 9.93. The number of carbonyl (C=O) groups excluding carboxylic acids is 1. The Labute approximate surface area is 69.5 Å². The van der Waals surface area contributed by atoms with Crippen LogP contribution in [0.3, 0.4) is 0 Å². The first-order valence-corrected chi connectivity index (χ1v) is 4.37. The van der Waals surface area contributed by atoms with Crippen LogP contribution in [0.1, 0.15) is 40.0 Å². The number of allylic oxidation sites excluding steroid dienone is 1. The topological polar surface area (TPSA) is 17.1 Å². The normalized spacial score (nSPS) is 12.7. The zero-order valence-corrected chi connectivity index (χ0v) is 7.76. The summed E-state index contributed by atoms with van der Waals surface area (Å²) < 4.78 is 0. The summed E-state index contributed by atoms with van der Waals surface area (Å²) in [5, 5.41) is 0. The zero-order chi connectivity index (χ0) is 8.69. The second-order valence-corrected chi connectivity index (χ2v) is 3.59. The molecule has 1 unspecified atom stereocenters. The highest BCUT2D eigenvalue weighted by molar-refractivity contribution is 5.45. The van der Waals surface area contributed by atoms with Crippen molar-refractivity contribution in [3.8, 4) is 0 Å². The first-order valence-electron chi connectivity index (χ1n) is 4.37. The van der Waals surface area contributed by atoms with Crippen LogP contribution in [0.25, 0.3) is 0 Å². The highest BCUT2D eigenvalue weighted by Crippen LogP contribution is 2.12. The molecule has 0 rings (SSSR count). The van der Waals surface area contributed by atoms with Crippen LogP contribution in [0.4, 0.5) is 0 Å². The van der Waals surface area contributed by atoms with Crippen molar-refractivity contribution in [1.82, 2.24) is 0 Å². The molecule has 0 fully saturated rings. The van der Waals surface area contributed by atoms with Crippen molar-refractivity contribution in [2.45, 2.75) is 40.0 Å². The average Bonchev–Trinajstić information content (AvgIpc) is 1.87. The first-order chi connectivity index (χ1) is 5.16. The SMILES string of the molecule is CC(C)CCCC(C)C=C=O. The fourth-order valence-electron chi connectivity index (χ4n) is 1.05. The monoisotopic (exact) mass is 154 g/mol. The van der Waals surface area contributed by atoms with E-state index in [0.717, 1.165) is 12.3 Å². The van der Waals surface area contributed by atoms with E-state index in [4.69, 9.17) is 0 Å². The van der Waals surface area contributed by atoms with E-state index in [2.05, 4.69) is 20.8 Å². The minimum absolute atomic E-state index is 0.409. The van der Waals surface area contributed by atoms with Gasteiger partial charge in [0.05, 0.1) is 0 Å². The molecule has 0 saturated carbocycles. The Morgan fingerprint density at radius 2 is 1.91 bits per heavy atom. The van der Waals surface area contributed by atoms with Crippen LogP contribution in [0, 0.1) is 11.8 Å². The maximum atomic E-state index is 9.93. The fourth-order valence-corrected chi connectivity index (χ4v) is 1.05. The van der Waals surface area contributed by atoms with Gasteiger partial charge in [0.2, 0.25) is 0 Å². The third-order valence-corrected chi connectivity index (χ3v) is 1.79. The van der Waals surface area contributed by atoms with Crippen molar-refractivity contribution in [2.24, 2.45) is 11.8 Å². The molecule has 0 spiro atoms. The largest absolute Gasteiger partial charge is 0.234 e. The van der Waals surface area contributed by atoms with Gasteiger partial charge < -0.3 is 0 Å². The molecule has 11 heavy (non-hydrogen) atoms. The van der Waals surface area contributed by atoms with Crippen molar-refractivity contribution in [2.75, 3.05) is 0 Å². The molecule has 0 aromatic heterocycles. The van der Waals surface area contributed by atoms with E-state index >= 15 is 0 Å². The Morgan fingerprint density at radius 1 is 1.27 bits per heavy atom. The van der Waals surface area contributed by atoms with E-state index in [1.54, 1.807) is 6.08 Å². The van der Waals surface area contributed by atoms with Gasteiger partial charge in [-0.25, -0.2) is 4.79 Å². The highest BCUT2D eigenvalue weighted by Gasteiger charge is 1.98. The quantitative estimate of drug-likeness (QED) is 0.556. The van der Waals surface area contributed by atoms with Crippen molar-refractivity contribution in [3.05, 3.63) is 6.08 Å². The number of hydrogen-bond acceptors (Lipinski definition) is 1. The lowest BCUT2D eigenvalue weighted by atomic mass is 10.00. The maximum Gasteiger partial charge on any atom is 0.120 e. The van der Waals surface area contributed by atoms with Gasteiger partial charge in [0.15, 0.2) is 0 Å². The van der Waals surface area contributed by atoms with Crippen LogP contribution in [-0.4, -0.2) is 5.94 Å². The molecule has 0 saturated heterocycles. The second kappa shape index (κ2) is 6.18. The van der Waals surface area contributed by atoms with Gasteiger partial charge in [-0.05, 0) is 18.3 Å². The van der Waals surface area contributed by atoms with Gasteiger partial charge in [0, 0.05) is 6.08 Å². The van der Waals surface area contributed by atoms with Gasteiger partial charge in [0.25, 0.3) is 0 Å². The lowest BCUT2D eigenvalue weighted by molar-refractivity contribution is 0.500. The van der Waals surface area contributed by atoms with Crippen molar-refractivity contribution in [1.29, 1.82) is 0 Å². The summed E-state index contributed by atoms with van der Waals surface area (Å²) in [5.74, 6) is 3.02. The summed E-state index contributed by atoms with van der Waals surface area (Å²) in [5.41, 5.74) is 0. The lowest BCUT2D eigenvalue weighted by Crippen LogP contribution is -1.93. The van der Waals surface area contributed by atoms with Gasteiger partial charge in [-0.1, -0.05) is 33.6 Å². The van der Waals surface area contributed by atoms with Gasteiger partial charge in [-0.3, -0.25) is 0 Å². The molecule has 1 atom stereocenters. The van der Waals surface area contributed by atoms with E-state index < -0.39 is 0 Å². The minimum Gasteiger partial charge on any atom is -0.234 e. The Hall–Kier alpha value is -0.550. The fraction of sp³-hybridized carbons (Fsp3) is 0.800. The molecule has 0 bridgehead atoms. The Morgan fingerprint density at radius 3 is 2.36 bits per heavy atom. The van der Waals surface area contributed by atoms with Crippen LogP contribution in [0.2, 0.25) is 0 Å². The summed E-state index contributed by atoms with van der Waals surface area (Å²) >= 11 is 0.